The number of carbonyl (C=O) groups is 10. The summed E-state index contributed by atoms with van der Waals surface area (Å²) in [6.45, 7) is 5.73. The third-order valence-electron chi connectivity index (χ3n) is 14.0. The number of hydrogen-bond donors (Lipinski definition) is 7. The Morgan fingerprint density at radius 3 is 1.94 bits per heavy atom. The number of rotatable bonds is 37. The third-order valence-corrected chi connectivity index (χ3v) is 15.2. The van der Waals surface area contributed by atoms with Crippen LogP contribution in [0.15, 0.2) is 54.9 Å². The number of nitrogens with one attached hydrogen (secondary N) is 5. The molecule has 5 rings (SSSR count). The van der Waals surface area contributed by atoms with Crippen molar-refractivity contribution in [1.82, 2.24) is 60.7 Å². The fourth-order valence-electron chi connectivity index (χ4n) is 9.28. The molecule has 6 amide bonds. The number of anilines is 1. The molecule has 2 saturated heterocycles. The van der Waals surface area contributed by atoms with E-state index in [-0.39, 0.29) is 141 Å². The number of carboxylic acid groups (broad SMARTS) is 2. The van der Waals surface area contributed by atoms with E-state index in [0.717, 1.165) is 33.6 Å². The molecule has 3 aromatic rings. The van der Waals surface area contributed by atoms with Crippen molar-refractivity contribution in [1.29, 1.82) is 0 Å². The molecule has 0 aliphatic carbocycles. The number of aromatic nitrogens is 3. The number of hydrogen-bond acceptors (Lipinski definition) is 22. The Bertz CT molecular complexity index is 2660. The molecule has 464 valence electrons. The van der Waals surface area contributed by atoms with Gasteiger partial charge in [0.1, 0.15) is 32.4 Å². The van der Waals surface area contributed by atoms with Gasteiger partial charge in [-0.2, -0.15) is 9.97 Å². The smallest absolute Gasteiger partial charge is 0.321 e. The van der Waals surface area contributed by atoms with Crippen LogP contribution in [-0.4, -0.2) is 239 Å². The Balaban J connectivity index is 0.885. The van der Waals surface area contributed by atoms with Gasteiger partial charge in [0.2, 0.25) is 41.4 Å². The number of nitrogens with zero attached hydrogens (tertiary/aromatic N) is 8. The van der Waals surface area contributed by atoms with E-state index >= 15 is 0 Å². The number of imide groups is 1. The van der Waals surface area contributed by atoms with Gasteiger partial charge >= 0.3 is 17.9 Å². The number of carboxylic acids is 2. The maximum absolute atomic E-state index is 13.1. The summed E-state index contributed by atoms with van der Waals surface area (Å²) in [5, 5.41) is 33.3. The van der Waals surface area contributed by atoms with Crippen LogP contribution in [0.1, 0.15) is 68.9 Å². The van der Waals surface area contributed by atoms with Gasteiger partial charge in [0, 0.05) is 129 Å². The van der Waals surface area contributed by atoms with Gasteiger partial charge in [-0.25, -0.2) is 4.98 Å². The minimum absolute atomic E-state index is 0.0206. The van der Waals surface area contributed by atoms with Crippen LogP contribution in [0, 0.1) is 6.92 Å². The predicted molar refractivity (Wildman–Crippen MR) is 310 cm³/mol. The van der Waals surface area contributed by atoms with Crippen molar-refractivity contribution in [2.75, 3.05) is 123 Å². The molecular formula is C56H79N13O15S. The number of likely N-dealkylation sites (tertiary alicyclic amines) is 1. The summed E-state index contributed by atoms with van der Waals surface area (Å²) in [6.07, 6.45) is 3.22. The van der Waals surface area contributed by atoms with Crippen LogP contribution in [0.4, 0.5) is 5.95 Å². The second-order valence-electron chi connectivity index (χ2n) is 20.0. The lowest BCUT2D eigenvalue weighted by Gasteiger charge is -2.35. The van der Waals surface area contributed by atoms with Crippen LogP contribution >= 0.6 is 11.8 Å². The summed E-state index contributed by atoms with van der Waals surface area (Å²) >= 11 is 1.20. The van der Waals surface area contributed by atoms with Crippen molar-refractivity contribution < 1.29 is 72.4 Å². The van der Waals surface area contributed by atoms with Gasteiger partial charge in [0.05, 0.1) is 11.8 Å². The number of ether oxygens (including phenoxy) is 3. The minimum Gasteiger partial charge on any atom is -0.480 e. The van der Waals surface area contributed by atoms with E-state index < -0.39 is 41.0 Å². The zero-order valence-corrected chi connectivity index (χ0v) is 48.8. The van der Waals surface area contributed by atoms with E-state index in [4.69, 9.17) is 14.2 Å². The molecule has 2 fully saturated rings. The van der Waals surface area contributed by atoms with Gasteiger partial charge in [0.25, 0.3) is 12.9 Å². The lowest BCUT2D eigenvalue weighted by Crippen LogP contribution is -2.51. The highest BCUT2D eigenvalue weighted by molar-refractivity contribution is 8.00. The van der Waals surface area contributed by atoms with E-state index in [0.29, 0.717) is 76.8 Å². The highest BCUT2D eigenvalue weighted by Gasteiger charge is 2.38. The van der Waals surface area contributed by atoms with Crippen LogP contribution in [0.5, 0.6) is 6.01 Å². The Hall–Kier alpha value is -7.86. The predicted octanol–water partition coefficient (Wildman–Crippen LogP) is 0.305. The van der Waals surface area contributed by atoms with Crippen molar-refractivity contribution in [3.05, 3.63) is 66.0 Å². The molecule has 2 aliphatic rings. The Morgan fingerprint density at radius 1 is 0.694 bits per heavy atom. The van der Waals surface area contributed by atoms with E-state index in [1.54, 1.807) is 19.6 Å². The van der Waals surface area contributed by atoms with E-state index in [1.807, 2.05) is 37.3 Å². The summed E-state index contributed by atoms with van der Waals surface area (Å²) in [7, 11) is 0. The first-order valence-electron chi connectivity index (χ1n) is 28.3. The van der Waals surface area contributed by atoms with Crippen LogP contribution in [-0.2, 0) is 64.0 Å². The fourth-order valence-corrected chi connectivity index (χ4v) is 10.4. The molecule has 28 nitrogen and oxygen atoms in total. The van der Waals surface area contributed by atoms with E-state index in [2.05, 4.69) is 59.7 Å². The summed E-state index contributed by atoms with van der Waals surface area (Å²) in [4.78, 5) is 143. The zero-order chi connectivity index (χ0) is 61.2. The Labute approximate surface area is 497 Å². The second-order valence-corrected chi connectivity index (χ2v) is 21.3. The molecule has 0 spiro atoms. The molecule has 2 atom stereocenters. The second kappa shape index (κ2) is 38.2. The largest absolute Gasteiger partial charge is 0.480 e. The quantitative estimate of drug-likeness (QED) is 0.0232. The van der Waals surface area contributed by atoms with Crippen LogP contribution in [0.2, 0.25) is 0 Å². The number of amides is 6. The van der Waals surface area contributed by atoms with Crippen molar-refractivity contribution in [2.24, 2.45) is 0 Å². The van der Waals surface area contributed by atoms with Crippen LogP contribution < -0.4 is 31.3 Å². The molecule has 2 aromatic carbocycles. The number of aliphatic carboxylic acids is 2. The SMILES string of the molecule is Cc1c(COc2ncnc(NCCNC(=O)CCC(=O)NCCCCCNC(=O)CCSC3CC(=O)N(CCNC(=O)CCC(C(=O)O)N4CCN(COC=O)CCN(COC=O)CCN(CC(=O)O)CC4)C3=O)n2)cccc1-c1ccccc1. The lowest BCUT2D eigenvalue weighted by molar-refractivity contribution is -0.145. The first-order valence-corrected chi connectivity index (χ1v) is 29.4. The summed E-state index contributed by atoms with van der Waals surface area (Å²) < 4.78 is 15.8. The monoisotopic (exact) mass is 1210 g/mol. The maximum atomic E-state index is 13.1. The average Bonchev–Trinajstić information content (AvgIpc) is 4.00. The molecule has 0 radical (unpaired) electrons. The van der Waals surface area contributed by atoms with Gasteiger partial charge in [0.15, 0.2) is 0 Å². The zero-order valence-electron chi connectivity index (χ0n) is 48.0. The molecule has 85 heavy (non-hydrogen) atoms. The topological polar surface area (TPSA) is 354 Å². The van der Waals surface area contributed by atoms with Crippen molar-refractivity contribution >= 4 is 78.0 Å². The van der Waals surface area contributed by atoms with Gasteiger partial charge in [-0.05, 0) is 54.9 Å². The first kappa shape index (κ1) is 67.9. The standard InChI is InChI=1S/C56H79N13O15S/c1-41-43(11-8-12-44(41)42-9-4-2-5-10-42)35-84-56-63-36-62-55(64-56)61-21-20-59-49(74)16-15-48(73)57-18-6-3-7-19-58-50(75)17-32-85-46-33-51(76)69(53(46)79)23-22-60-47(72)14-13-45(54(80)81)68-30-28-65(34-52(77)78)24-25-66(37-82-39-70)26-27-67(29-31-68)38-83-40-71/h2,4-5,8-12,36,39-40,45-46H,3,6-7,13-35,37-38H2,1H3,(H,57,73)(H,58,75)(H,59,74)(H,60,72)(H,77,78)(H,80,81)(H,61,62,63,64). The third kappa shape index (κ3) is 25.5. The highest BCUT2D eigenvalue weighted by Crippen LogP contribution is 2.27. The summed E-state index contributed by atoms with van der Waals surface area (Å²) in [6, 6.07) is 15.2. The maximum Gasteiger partial charge on any atom is 0.321 e. The summed E-state index contributed by atoms with van der Waals surface area (Å²) in [5.74, 6) is -3.77. The van der Waals surface area contributed by atoms with Crippen molar-refractivity contribution in [3.63, 3.8) is 0 Å². The highest BCUT2D eigenvalue weighted by atomic mass is 32.2. The molecule has 3 heterocycles. The van der Waals surface area contributed by atoms with Gasteiger partial charge in [-0.1, -0.05) is 48.5 Å². The van der Waals surface area contributed by atoms with Gasteiger partial charge < -0.3 is 51.0 Å². The summed E-state index contributed by atoms with van der Waals surface area (Å²) in [5.41, 5.74) is 4.34. The molecule has 7 N–H and O–H groups in total. The Morgan fingerprint density at radius 2 is 1.29 bits per heavy atom. The number of thioether (sulfide) groups is 1. The van der Waals surface area contributed by atoms with Gasteiger partial charge in [-0.3, -0.25) is 72.4 Å². The Kier molecular flexibility index (Phi) is 30.5. The van der Waals surface area contributed by atoms with Crippen LogP contribution in [0.25, 0.3) is 11.1 Å². The molecule has 2 unspecified atom stereocenters. The average molecular weight is 1210 g/mol. The fraction of sp³-hybridized carbons (Fsp3) is 0.554. The number of carbonyl (C=O) groups excluding carboxylic acids is 8. The van der Waals surface area contributed by atoms with Crippen molar-refractivity contribution in [3.8, 4) is 17.1 Å². The molecule has 29 heteroatoms. The van der Waals surface area contributed by atoms with E-state index in [9.17, 15) is 58.2 Å². The lowest BCUT2D eigenvalue weighted by atomic mass is 9.97. The first-order chi connectivity index (χ1) is 41.1. The molecule has 1 aromatic heterocycles. The molecule has 0 bridgehead atoms. The molecular weight excluding hydrogens is 1130 g/mol. The number of benzene rings is 2. The molecule has 2 aliphatic heterocycles. The van der Waals surface area contributed by atoms with Crippen molar-refractivity contribution in [2.45, 2.75) is 82.6 Å². The normalized spacial score (nSPS) is 16.0. The van der Waals surface area contributed by atoms with Crippen LogP contribution in [0.3, 0.4) is 0 Å². The number of unbranched alkanes of at least 4 members (excludes halogenated alkanes) is 2. The van der Waals surface area contributed by atoms with E-state index in [1.165, 1.54) is 18.1 Å². The molecule has 0 saturated carbocycles. The van der Waals surface area contributed by atoms with Gasteiger partial charge in [-0.15, -0.1) is 11.8 Å². The minimum atomic E-state index is -1.20.